The Hall–Kier alpha value is -0.416. The van der Waals surface area contributed by atoms with Crippen molar-refractivity contribution in [2.24, 2.45) is 29.6 Å². The first kappa shape index (κ1) is 37.6. The molecule has 0 atom stereocenters. The quantitative estimate of drug-likeness (QED) is 0.167. The van der Waals surface area contributed by atoms with Crippen LogP contribution < -0.4 is 0 Å². The fourth-order valence-corrected chi connectivity index (χ4v) is 33.3. The van der Waals surface area contributed by atoms with Gasteiger partial charge in [0.05, 0.1) is 0 Å². The van der Waals surface area contributed by atoms with Gasteiger partial charge < -0.3 is 20.6 Å². The zero-order valence-electron chi connectivity index (χ0n) is 27.4. The van der Waals surface area contributed by atoms with Crippen LogP contribution in [0.2, 0.25) is 30.2 Å². The average Bonchev–Trinajstić information content (AvgIpc) is 2.81. The second kappa shape index (κ2) is 15.4. The Balaban J connectivity index is 4.27. The zero-order valence-corrected chi connectivity index (χ0v) is 32.4. The van der Waals surface area contributed by atoms with Crippen molar-refractivity contribution in [3.63, 3.8) is 0 Å². The Bertz CT molecular complexity index is 698. The molecule has 0 N–H and O–H groups in total. The molecule has 0 saturated carbocycles. The first-order valence-electron chi connectivity index (χ1n) is 15.1. The summed E-state index contributed by atoms with van der Waals surface area (Å²) in [5.74, 6) is 1.62. The predicted octanol–water partition coefficient (Wildman–Crippen LogP) is 9.20. The summed E-state index contributed by atoms with van der Waals surface area (Å²) < 4.78 is 36.9. The van der Waals surface area contributed by atoms with Crippen LogP contribution in [0, 0.1) is 29.6 Å². The molecular formula is C30H60O5Si5. The minimum atomic E-state index is -3.12. The SMILES string of the molecule is C=C[Si]1(CC(C)C)O[Si](C=C)(CC(C)C)O[Si](C=C)(CC(C)C)O[Si](C=C)(CC(C)C)O[Si](C=C)(CC(C)C)O1. The van der Waals surface area contributed by atoms with Gasteiger partial charge in [-0.25, -0.2) is 0 Å². The number of rotatable bonds is 15. The van der Waals surface area contributed by atoms with E-state index in [1.165, 1.54) is 0 Å². The third-order valence-corrected chi connectivity index (χ3v) is 30.6. The molecule has 0 unspecified atom stereocenters. The molecule has 5 nitrogen and oxygen atoms in total. The molecule has 0 radical (unpaired) electrons. The molecule has 0 bridgehead atoms. The van der Waals surface area contributed by atoms with Gasteiger partial charge in [0.1, 0.15) is 0 Å². The van der Waals surface area contributed by atoms with Crippen LogP contribution in [-0.2, 0) is 20.6 Å². The van der Waals surface area contributed by atoms with Crippen molar-refractivity contribution < 1.29 is 20.6 Å². The van der Waals surface area contributed by atoms with Gasteiger partial charge in [0, 0.05) is 0 Å². The standard InChI is InChI=1S/C30H60O5Si5/c1-16-36(21-26(6)7)31-37(17-2,22-27(8)9)33-39(19-4,24-29(12)13)35-40(20-5,25-30(14)15)34-38(18-3,32-36)23-28(10)11/h16-20,26-30H,1-5,21-25H2,6-15H3. The molecule has 0 aromatic rings. The van der Waals surface area contributed by atoms with Crippen LogP contribution in [0.4, 0.5) is 0 Å². The predicted molar refractivity (Wildman–Crippen MR) is 183 cm³/mol. The molecule has 1 saturated heterocycles. The minimum Gasteiger partial charge on any atom is -0.409 e. The Morgan fingerprint density at radius 2 is 0.475 bits per heavy atom. The highest BCUT2D eigenvalue weighted by Gasteiger charge is 2.60. The van der Waals surface area contributed by atoms with Crippen LogP contribution in [0.5, 0.6) is 0 Å². The minimum absolute atomic E-state index is 0.323. The Labute approximate surface area is 253 Å². The Morgan fingerprint density at radius 3 is 0.550 bits per heavy atom. The van der Waals surface area contributed by atoms with Gasteiger partial charge in [-0.3, -0.25) is 0 Å². The normalized spacial score (nSPS) is 33.9. The van der Waals surface area contributed by atoms with Gasteiger partial charge in [-0.2, -0.15) is 0 Å². The monoisotopic (exact) mass is 640 g/mol. The van der Waals surface area contributed by atoms with E-state index in [0.717, 1.165) is 30.2 Å². The lowest BCUT2D eigenvalue weighted by Crippen LogP contribution is -2.69. The van der Waals surface area contributed by atoms with E-state index in [0.29, 0.717) is 29.6 Å². The molecule has 1 heterocycles. The number of hydrogen-bond donors (Lipinski definition) is 0. The lowest BCUT2D eigenvalue weighted by molar-refractivity contribution is 0.225. The molecule has 0 spiro atoms. The van der Waals surface area contributed by atoms with E-state index < -0.39 is 42.8 Å². The van der Waals surface area contributed by atoms with Gasteiger partial charge in [0.2, 0.25) is 0 Å². The smallest absolute Gasteiger partial charge is 0.347 e. The van der Waals surface area contributed by atoms with Crippen molar-refractivity contribution in [1.82, 2.24) is 0 Å². The summed E-state index contributed by atoms with van der Waals surface area (Å²) >= 11 is 0. The second-order valence-electron chi connectivity index (χ2n) is 13.6. The molecule has 0 amide bonds. The molecule has 0 aliphatic carbocycles. The van der Waals surface area contributed by atoms with Crippen molar-refractivity contribution >= 4 is 42.8 Å². The van der Waals surface area contributed by atoms with Crippen LogP contribution in [0.3, 0.4) is 0 Å². The van der Waals surface area contributed by atoms with Gasteiger partial charge in [0.15, 0.2) is 0 Å². The topological polar surface area (TPSA) is 46.2 Å². The zero-order chi connectivity index (χ0) is 31.0. The lowest BCUT2D eigenvalue weighted by Gasteiger charge is -2.51. The van der Waals surface area contributed by atoms with E-state index >= 15 is 0 Å². The Kier molecular flexibility index (Phi) is 14.4. The van der Waals surface area contributed by atoms with Crippen molar-refractivity contribution in [1.29, 1.82) is 0 Å². The summed E-state index contributed by atoms with van der Waals surface area (Å²) in [6.07, 6.45) is 0. The molecular weight excluding hydrogens is 581 g/mol. The maximum absolute atomic E-state index is 7.38. The van der Waals surface area contributed by atoms with Gasteiger partial charge in [0.25, 0.3) is 0 Å². The highest BCUT2D eigenvalue weighted by molar-refractivity contribution is 6.99. The summed E-state index contributed by atoms with van der Waals surface area (Å²) in [5, 5.41) is 0. The first-order valence-corrected chi connectivity index (χ1v) is 25.6. The van der Waals surface area contributed by atoms with E-state index in [1.54, 1.807) is 0 Å². The molecule has 1 aliphatic rings. The molecule has 40 heavy (non-hydrogen) atoms. The van der Waals surface area contributed by atoms with Crippen LogP contribution in [0.15, 0.2) is 61.4 Å². The van der Waals surface area contributed by atoms with Crippen LogP contribution >= 0.6 is 0 Å². The van der Waals surface area contributed by atoms with Crippen molar-refractivity contribution in [3.8, 4) is 0 Å². The molecule has 0 aromatic carbocycles. The highest BCUT2D eigenvalue weighted by Crippen LogP contribution is 2.42. The van der Waals surface area contributed by atoms with E-state index in [4.69, 9.17) is 20.6 Å². The third-order valence-electron chi connectivity index (χ3n) is 6.75. The molecule has 1 rings (SSSR count). The van der Waals surface area contributed by atoms with E-state index in [-0.39, 0.29) is 0 Å². The van der Waals surface area contributed by atoms with Crippen molar-refractivity contribution in [3.05, 3.63) is 61.4 Å². The van der Waals surface area contributed by atoms with Crippen molar-refractivity contribution in [2.45, 2.75) is 99.5 Å². The average molecular weight is 641 g/mol. The van der Waals surface area contributed by atoms with Gasteiger partial charge >= 0.3 is 42.8 Å². The maximum Gasteiger partial charge on any atom is 0.347 e. The lowest BCUT2D eigenvalue weighted by atomic mass is 10.3. The van der Waals surface area contributed by atoms with Crippen molar-refractivity contribution in [2.75, 3.05) is 0 Å². The summed E-state index contributed by atoms with van der Waals surface area (Å²) in [7, 11) is -15.6. The van der Waals surface area contributed by atoms with Gasteiger partial charge in [-0.15, -0.1) is 32.9 Å². The van der Waals surface area contributed by atoms with Crippen LogP contribution in [0.1, 0.15) is 69.2 Å². The fraction of sp³-hybridized carbons (Fsp3) is 0.667. The molecule has 1 aliphatic heterocycles. The van der Waals surface area contributed by atoms with Crippen LogP contribution in [-0.4, -0.2) is 42.8 Å². The summed E-state index contributed by atoms with van der Waals surface area (Å²) in [6, 6.07) is 3.71. The van der Waals surface area contributed by atoms with E-state index in [9.17, 15) is 0 Å². The van der Waals surface area contributed by atoms with Gasteiger partial charge in [-0.05, 0) is 59.8 Å². The summed E-state index contributed by atoms with van der Waals surface area (Å²) in [6.45, 7) is 43.7. The highest BCUT2D eigenvalue weighted by atomic mass is 28.5. The summed E-state index contributed by atoms with van der Waals surface area (Å²) in [5.41, 5.74) is 9.78. The number of hydrogen-bond acceptors (Lipinski definition) is 5. The van der Waals surface area contributed by atoms with E-state index in [1.807, 2.05) is 28.5 Å². The van der Waals surface area contributed by atoms with Gasteiger partial charge in [-0.1, -0.05) is 97.7 Å². The first-order chi connectivity index (χ1) is 18.4. The fourth-order valence-electron chi connectivity index (χ4n) is 5.66. The third kappa shape index (κ3) is 10.4. The summed E-state index contributed by atoms with van der Waals surface area (Å²) in [4.78, 5) is 0. The molecule has 10 heteroatoms. The van der Waals surface area contributed by atoms with E-state index in [2.05, 4.69) is 102 Å². The maximum atomic E-state index is 7.38. The molecule has 0 aromatic heterocycles. The van der Waals surface area contributed by atoms with Crippen LogP contribution in [0.25, 0.3) is 0 Å². The largest absolute Gasteiger partial charge is 0.409 e. The molecule has 230 valence electrons. The second-order valence-corrected chi connectivity index (χ2v) is 29.9. The Morgan fingerprint density at radius 1 is 0.350 bits per heavy atom. The molecule has 1 fully saturated rings.